The fourth-order valence-corrected chi connectivity index (χ4v) is 2.97. The van der Waals surface area contributed by atoms with Crippen LogP contribution in [0.25, 0.3) is 0 Å². The molecule has 7 nitrogen and oxygen atoms in total. The van der Waals surface area contributed by atoms with E-state index in [-0.39, 0.29) is 24.0 Å². The van der Waals surface area contributed by atoms with Crippen molar-refractivity contribution in [1.82, 2.24) is 30.2 Å². The van der Waals surface area contributed by atoms with E-state index in [2.05, 4.69) is 37.4 Å². The molecule has 0 atom stereocenters. The van der Waals surface area contributed by atoms with Crippen LogP contribution < -0.4 is 10.6 Å². The number of hydrogen-bond acceptors (Lipinski definition) is 4. The first kappa shape index (κ1) is 22.2. The molecule has 1 aromatic rings. The minimum Gasteiger partial charge on any atom is -0.356 e. The Kier molecular flexibility index (Phi) is 11.1. The number of nitrogens with zero attached hydrogens (tertiary/aromatic N) is 5. The zero-order valence-electron chi connectivity index (χ0n) is 15.9. The predicted molar refractivity (Wildman–Crippen MR) is 115 cm³/mol. The van der Waals surface area contributed by atoms with Gasteiger partial charge in [0.2, 0.25) is 0 Å². The van der Waals surface area contributed by atoms with Crippen molar-refractivity contribution in [2.45, 2.75) is 26.3 Å². The molecular formula is C17H34IN7. The van der Waals surface area contributed by atoms with Gasteiger partial charge in [-0.3, -0.25) is 9.67 Å². The lowest BCUT2D eigenvalue weighted by atomic mass is 10.2. The van der Waals surface area contributed by atoms with Gasteiger partial charge in [0.05, 0.1) is 12.2 Å². The lowest BCUT2D eigenvalue weighted by molar-refractivity contribution is 0.136. The van der Waals surface area contributed by atoms with Crippen molar-refractivity contribution < 1.29 is 0 Å². The third kappa shape index (κ3) is 7.91. The highest BCUT2D eigenvalue weighted by atomic mass is 127. The van der Waals surface area contributed by atoms with E-state index in [1.165, 1.54) is 52.1 Å². The summed E-state index contributed by atoms with van der Waals surface area (Å²) >= 11 is 0. The number of guanidine groups is 1. The molecule has 0 aromatic carbocycles. The summed E-state index contributed by atoms with van der Waals surface area (Å²) in [5.74, 6) is 0.854. The van der Waals surface area contributed by atoms with Crippen LogP contribution in [0.15, 0.2) is 17.3 Å². The first-order valence-electron chi connectivity index (χ1n) is 9.09. The number of hydrogen-bond donors (Lipinski definition) is 2. The maximum Gasteiger partial charge on any atom is 0.191 e. The van der Waals surface area contributed by atoms with Crippen LogP contribution in [0.2, 0.25) is 0 Å². The Balaban J connectivity index is 0.00000312. The summed E-state index contributed by atoms with van der Waals surface area (Å²) in [6.07, 6.45) is 4.21. The van der Waals surface area contributed by atoms with Crippen LogP contribution in [0, 0.1) is 0 Å². The van der Waals surface area contributed by atoms with E-state index >= 15 is 0 Å². The van der Waals surface area contributed by atoms with Gasteiger partial charge in [-0.05, 0) is 32.0 Å². The Bertz CT molecular complexity index is 495. The SMILES string of the molecule is CCN1CCN(CCCCNC(=NC)NCc2ccnn2C)CC1.I. The van der Waals surface area contributed by atoms with E-state index in [4.69, 9.17) is 0 Å². The molecule has 0 aliphatic carbocycles. The smallest absolute Gasteiger partial charge is 0.191 e. The molecule has 2 heterocycles. The van der Waals surface area contributed by atoms with E-state index in [1.54, 1.807) is 0 Å². The standard InChI is InChI=1S/C17H33N7.HI/c1-4-23-11-13-24(14-12-23)10-6-5-8-19-17(18-2)20-15-16-7-9-21-22(16)3;/h7,9H,4-6,8,10-15H2,1-3H3,(H2,18,19,20);1H. The molecule has 1 aliphatic heterocycles. The normalized spacial score (nSPS) is 16.5. The second-order valence-electron chi connectivity index (χ2n) is 6.28. The molecule has 1 aromatic heterocycles. The first-order chi connectivity index (χ1) is 11.7. The van der Waals surface area contributed by atoms with E-state index in [0.717, 1.165) is 24.7 Å². The molecular weight excluding hydrogens is 429 g/mol. The van der Waals surface area contributed by atoms with Crippen LogP contribution in [-0.2, 0) is 13.6 Å². The Morgan fingerprint density at radius 2 is 1.88 bits per heavy atom. The van der Waals surface area contributed by atoms with Gasteiger partial charge in [0.25, 0.3) is 0 Å². The van der Waals surface area contributed by atoms with Gasteiger partial charge in [0, 0.05) is 53.0 Å². The zero-order valence-corrected chi connectivity index (χ0v) is 18.2. The van der Waals surface area contributed by atoms with E-state index < -0.39 is 0 Å². The van der Waals surface area contributed by atoms with Gasteiger partial charge in [-0.1, -0.05) is 6.92 Å². The van der Waals surface area contributed by atoms with Gasteiger partial charge in [-0.15, -0.1) is 24.0 Å². The quantitative estimate of drug-likeness (QED) is 0.262. The maximum absolute atomic E-state index is 4.27. The van der Waals surface area contributed by atoms with Gasteiger partial charge in [-0.2, -0.15) is 5.10 Å². The molecule has 144 valence electrons. The van der Waals surface area contributed by atoms with Crippen LogP contribution in [-0.4, -0.2) is 78.4 Å². The average molecular weight is 463 g/mol. The van der Waals surface area contributed by atoms with Crippen molar-refractivity contribution in [3.8, 4) is 0 Å². The van der Waals surface area contributed by atoms with Gasteiger partial charge in [-0.25, -0.2) is 0 Å². The van der Waals surface area contributed by atoms with E-state index in [9.17, 15) is 0 Å². The molecule has 1 saturated heterocycles. The molecule has 1 fully saturated rings. The summed E-state index contributed by atoms with van der Waals surface area (Å²) in [6, 6.07) is 2.01. The Labute approximate surface area is 169 Å². The van der Waals surface area contributed by atoms with E-state index in [0.29, 0.717) is 0 Å². The zero-order chi connectivity index (χ0) is 17.2. The molecule has 0 bridgehead atoms. The number of halogens is 1. The second-order valence-corrected chi connectivity index (χ2v) is 6.28. The fourth-order valence-electron chi connectivity index (χ4n) is 2.97. The lowest BCUT2D eigenvalue weighted by Crippen LogP contribution is -2.46. The summed E-state index contributed by atoms with van der Waals surface area (Å²) in [6.45, 7) is 11.2. The number of rotatable bonds is 8. The van der Waals surface area contributed by atoms with Crippen molar-refractivity contribution in [3.63, 3.8) is 0 Å². The number of aliphatic imine (C=N–C) groups is 1. The topological polar surface area (TPSA) is 60.7 Å². The average Bonchev–Trinajstić information content (AvgIpc) is 3.03. The molecule has 1 aliphatic rings. The first-order valence-corrected chi connectivity index (χ1v) is 9.09. The highest BCUT2D eigenvalue weighted by molar-refractivity contribution is 14.0. The molecule has 0 unspecified atom stereocenters. The predicted octanol–water partition coefficient (Wildman–Crippen LogP) is 1.12. The van der Waals surface area contributed by atoms with Gasteiger partial charge in [0.1, 0.15) is 0 Å². The van der Waals surface area contributed by atoms with Crippen molar-refractivity contribution in [3.05, 3.63) is 18.0 Å². The minimum absolute atomic E-state index is 0. The molecule has 0 amide bonds. The molecule has 2 rings (SSSR count). The van der Waals surface area contributed by atoms with Crippen molar-refractivity contribution >= 4 is 29.9 Å². The highest BCUT2D eigenvalue weighted by Gasteiger charge is 2.14. The third-order valence-corrected chi connectivity index (χ3v) is 4.69. The number of piperazine rings is 1. The molecule has 25 heavy (non-hydrogen) atoms. The molecule has 0 radical (unpaired) electrons. The van der Waals surface area contributed by atoms with Crippen LogP contribution in [0.1, 0.15) is 25.5 Å². The van der Waals surface area contributed by atoms with Gasteiger partial charge < -0.3 is 20.4 Å². The van der Waals surface area contributed by atoms with Gasteiger partial charge >= 0.3 is 0 Å². The largest absolute Gasteiger partial charge is 0.356 e. The number of unbranched alkanes of at least 4 members (excludes halogenated alkanes) is 1. The summed E-state index contributed by atoms with van der Waals surface area (Å²) in [5.41, 5.74) is 1.14. The maximum atomic E-state index is 4.27. The lowest BCUT2D eigenvalue weighted by Gasteiger charge is -2.34. The van der Waals surface area contributed by atoms with Crippen molar-refractivity contribution in [2.75, 3.05) is 52.9 Å². The van der Waals surface area contributed by atoms with Crippen LogP contribution in [0.3, 0.4) is 0 Å². The molecule has 2 N–H and O–H groups in total. The van der Waals surface area contributed by atoms with Crippen LogP contribution in [0.4, 0.5) is 0 Å². The molecule has 0 saturated carbocycles. The number of aryl methyl sites for hydroxylation is 1. The van der Waals surface area contributed by atoms with Crippen molar-refractivity contribution in [2.24, 2.45) is 12.0 Å². The Morgan fingerprint density at radius 1 is 1.16 bits per heavy atom. The third-order valence-electron chi connectivity index (χ3n) is 4.69. The summed E-state index contributed by atoms with van der Waals surface area (Å²) in [7, 11) is 3.76. The highest BCUT2D eigenvalue weighted by Crippen LogP contribution is 2.02. The monoisotopic (exact) mass is 463 g/mol. The fraction of sp³-hybridized carbons (Fsp3) is 0.765. The Hall–Kier alpha value is -0.870. The number of aromatic nitrogens is 2. The number of likely N-dealkylation sites (N-methyl/N-ethyl adjacent to an activating group) is 1. The van der Waals surface area contributed by atoms with E-state index in [1.807, 2.05) is 31.0 Å². The minimum atomic E-state index is 0. The Morgan fingerprint density at radius 3 is 2.48 bits per heavy atom. The second kappa shape index (κ2) is 12.5. The van der Waals surface area contributed by atoms with Crippen molar-refractivity contribution in [1.29, 1.82) is 0 Å². The molecule has 8 heteroatoms. The summed E-state index contributed by atoms with van der Waals surface area (Å²) < 4.78 is 1.87. The van der Waals surface area contributed by atoms with Gasteiger partial charge in [0.15, 0.2) is 5.96 Å². The number of nitrogens with one attached hydrogen (secondary N) is 2. The van der Waals surface area contributed by atoms with Crippen LogP contribution in [0.5, 0.6) is 0 Å². The van der Waals surface area contributed by atoms with Crippen LogP contribution >= 0.6 is 24.0 Å². The molecule has 0 spiro atoms. The summed E-state index contributed by atoms with van der Waals surface area (Å²) in [5, 5.41) is 10.9. The summed E-state index contributed by atoms with van der Waals surface area (Å²) in [4.78, 5) is 9.38.